The molecule has 6 nitrogen and oxygen atoms in total. The summed E-state index contributed by atoms with van der Waals surface area (Å²) in [4.78, 5) is 8.76. The van der Waals surface area contributed by atoms with Crippen molar-refractivity contribution in [3.8, 4) is 0 Å². The largest absolute Gasteiger partial charge is 0.373 e. The molecule has 2 atom stereocenters. The highest BCUT2D eigenvalue weighted by Crippen LogP contribution is 2.29. The van der Waals surface area contributed by atoms with Crippen molar-refractivity contribution < 1.29 is 4.74 Å². The molecule has 0 spiro atoms. The minimum Gasteiger partial charge on any atom is -0.373 e. The van der Waals surface area contributed by atoms with Crippen molar-refractivity contribution in [2.45, 2.75) is 38.8 Å². The molecule has 0 bridgehead atoms. The molecular weight excluding hydrogens is 266 g/mol. The van der Waals surface area contributed by atoms with E-state index in [0.717, 1.165) is 42.3 Å². The van der Waals surface area contributed by atoms with Gasteiger partial charge in [0.05, 0.1) is 12.3 Å². The quantitative estimate of drug-likeness (QED) is 0.937. The number of anilines is 1. The van der Waals surface area contributed by atoms with Gasteiger partial charge >= 0.3 is 0 Å². The van der Waals surface area contributed by atoms with Crippen LogP contribution in [-0.4, -0.2) is 32.4 Å². The fourth-order valence-corrected chi connectivity index (χ4v) is 2.77. The van der Waals surface area contributed by atoms with E-state index in [2.05, 4.69) is 20.4 Å². The lowest BCUT2D eigenvalue weighted by molar-refractivity contribution is 0.00970. The normalized spacial score (nSPS) is 22.2. The molecule has 3 rings (SSSR count). The highest BCUT2D eigenvalue weighted by atomic mass is 16.5. The van der Waals surface area contributed by atoms with E-state index in [1.165, 1.54) is 0 Å². The van der Waals surface area contributed by atoms with Gasteiger partial charge in [0.2, 0.25) is 0 Å². The third-order valence-corrected chi connectivity index (χ3v) is 3.70. The zero-order valence-corrected chi connectivity index (χ0v) is 12.7. The molecule has 1 saturated heterocycles. The SMILES string of the molecule is Cc1cc(N[C@H]2CCO[C@@H](c3cnn(C)c3)C2)nc(C)n1. The summed E-state index contributed by atoms with van der Waals surface area (Å²) < 4.78 is 7.68. The lowest BCUT2D eigenvalue weighted by Gasteiger charge is -2.30. The number of rotatable bonds is 3. The first-order valence-electron chi connectivity index (χ1n) is 7.29. The summed E-state index contributed by atoms with van der Waals surface area (Å²) in [6.07, 6.45) is 5.92. The molecule has 112 valence electrons. The van der Waals surface area contributed by atoms with Gasteiger partial charge < -0.3 is 10.1 Å². The maximum Gasteiger partial charge on any atom is 0.130 e. The van der Waals surface area contributed by atoms with Crippen molar-refractivity contribution in [3.05, 3.63) is 35.5 Å². The zero-order valence-electron chi connectivity index (χ0n) is 12.7. The Labute approximate surface area is 124 Å². The number of aryl methyl sites for hydroxylation is 3. The van der Waals surface area contributed by atoms with Crippen LogP contribution in [-0.2, 0) is 11.8 Å². The van der Waals surface area contributed by atoms with Crippen molar-refractivity contribution in [3.63, 3.8) is 0 Å². The molecular formula is C15H21N5O. The first kappa shape index (κ1) is 14.0. The van der Waals surface area contributed by atoms with Gasteiger partial charge in [0.1, 0.15) is 11.6 Å². The average Bonchev–Trinajstić information content (AvgIpc) is 2.84. The molecule has 21 heavy (non-hydrogen) atoms. The first-order valence-corrected chi connectivity index (χ1v) is 7.29. The molecule has 0 radical (unpaired) electrons. The van der Waals surface area contributed by atoms with Crippen molar-refractivity contribution in [2.75, 3.05) is 11.9 Å². The monoisotopic (exact) mass is 287 g/mol. The van der Waals surface area contributed by atoms with Gasteiger partial charge in [0, 0.05) is 43.2 Å². The maximum atomic E-state index is 5.87. The molecule has 1 N–H and O–H groups in total. The van der Waals surface area contributed by atoms with Gasteiger partial charge in [-0.25, -0.2) is 9.97 Å². The van der Waals surface area contributed by atoms with Crippen molar-refractivity contribution in [1.29, 1.82) is 0 Å². The van der Waals surface area contributed by atoms with Crippen LogP contribution in [0.5, 0.6) is 0 Å². The Morgan fingerprint density at radius 1 is 1.33 bits per heavy atom. The van der Waals surface area contributed by atoms with E-state index in [1.807, 2.05) is 44.0 Å². The minimum absolute atomic E-state index is 0.106. The Morgan fingerprint density at radius 2 is 2.19 bits per heavy atom. The van der Waals surface area contributed by atoms with Gasteiger partial charge in [0.25, 0.3) is 0 Å². The molecule has 1 aliphatic rings. The van der Waals surface area contributed by atoms with Crippen LogP contribution in [0.4, 0.5) is 5.82 Å². The van der Waals surface area contributed by atoms with E-state index in [1.54, 1.807) is 0 Å². The molecule has 0 saturated carbocycles. The van der Waals surface area contributed by atoms with Crippen LogP contribution < -0.4 is 5.32 Å². The van der Waals surface area contributed by atoms with Gasteiger partial charge in [-0.15, -0.1) is 0 Å². The second-order valence-corrected chi connectivity index (χ2v) is 5.61. The fraction of sp³-hybridized carbons (Fsp3) is 0.533. The Morgan fingerprint density at radius 3 is 2.90 bits per heavy atom. The smallest absolute Gasteiger partial charge is 0.130 e. The topological polar surface area (TPSA) is 64.9 Å². The van der Waals surface area contributed by atoms with Gasteiger partial charge in [-0.2, -0.15) is 5.10 Å². The van der Waals surface area contributed by atoms with E-state index >= 15 is 0 Å². The summed E-state index contributed by atoms with van der Waals surface area (Å²) in [5.41, 5.74) is 2.12. The molecule has 0 unspecified atom stereocenters. The molecule has 3 heterocycles. The number of hydrogen-bond donors (Lipinski definition) is 1. The standard InChI is InChI=1S/C15H21N5O/c1-10-6-15(18-11(2)17-10)19-13-4-5-21-14(7-13)12-8-16-20(3)9-12/h6,8-9,13-14H,4-5,7H2,1-3H3,(H,17,18,19)/t13-,14+/m0/s1. The van der Waals surface area contributed by atoms with Crippen LogP contribution in [0.3, 0.4) is 0 Å². The van der Waals surface area contributed by atoms with Crippen molar-refractivity contribution in [1.82, 2.24) is 19.7 Å². The molecule has 2 aromatic heterocycles. The summed E-state index contributed by atoms with van der Waals surface area (Å²) in [5.74, 6) is 1.70. The maximum absolute atomic E-state index is 5.87. The number of hydrogen-bond acceptors (Lipinski definition) is 5. The molecule has 1 fully saturated rings. The summed E-state index contributed by atoms with van der Waals surface area (Å²) in [6, 6.07) is 2.35. The second kappa shape index (κ2) is 5.81. The number of nitrogens with one attached hydrogen (secondary N) is 1. The van der Waals surface area contributed by atoms with E-state index in [4.69, 9.17) is 4.74 Å². The van der Waals surface area contributed by atoms with Gasteiger partial charge in [0.15, 0.2) is 0 Å². The van der Waals surface area contributed by atoms with Crippen LogP contribution in [0.1, 0.15) is 36.0 Å². The highest BCUT2D eigenvalue weighted by Gasteiger charge is 2.25. The highest BCUT2D eigenvalue weighted by molar-refractivity contribution is 5.37. The predicted molar refractivity (Wildman–Crippen MR) is 80.1 cm³/mol. The first-order chi connectivity index (χ1) is 10.1. The van der Waals surface area contributed by atoms with E-state index < -0.39 is 0 Å². The van der Waals surface area contributed by atoms with Crippen LogP contribution >= 0.6 is 0 Å². The summed E-state index contributed by atoms with van der Waals surface area (Å²) in [6.45, 7) is 4.66. The summed E-state index contributed by atoms with van der Waals surface area (Å²) >= 11 is 0. The lowest BCUT2D eigenvalue weighted by Crippen LogP contribution is -2.30. The molecule has 2 aromatic rings. The summed E-state index contributed by atoms with van der Waals surface area (Å²) in [5, 5.41) is 7.73. The number of ether oxygens (including phenoxy) is 1. The van der Waals surface area contributed by atoms with Crippen molar-refractivity contribution >= 4 is 5.82 Å². The molecule has 6 heteroatoms. The van der Waals surface area contributed by atoms with Gasteiger partial charge in [-0.3, -0.25) is 4.68 Å². The van der Waals surface area contributed by atoms with Crippen LogP contribution in [0.25, 0.3) is 0 Å². The Hall–Kier alpha value is -1.95. The van der Waals surface area contributed by atoms with E-state index in [9.17, 15) is 0 Å². The lowest BCUT2D eigenvalue weighted by atomic mass is 9.99. The molecule has 0 aliphatic carbocycles. The van der Waals surface area contributed by atoms with Gasteiger partial charge in [-0.05, 0) is 26.7 Å². The van der Waals surface area contributed by atoms with Crippen molar-refractivity contribution in [2.24, 2.45) is 7.05 Å². The second-order valence-electron chi connectivity index (χ2n) is 5.61. The van der Waals surface area contributed by atoms with Crippen LogP contribution in [0.15, 0.2) is 18.5 Å². The zero-order chi connectivity index (χ0) is 14.8. The molecule has 0 aromatic carbocycles. The average molecular weight is 287 g/mol. The van der Waals surface area contributed by atoms with Gasteiger partial charge in [-0.1, -0.05) is 0 Å². The minimum atomic E-state index is 0.106. The van der Waals surface area contributed by atoms with E-state index in [-0.39, 0.29) is 6.10 Å². The fourth-order valence-electron chi connectivity index (χ4n) is 2.77. The van der Waals surface area contributed by atoms with Crippen LogP contribution in [0, 0.1) is 13.8 Å². The number of aromatic nitrogens is 4. The molecule has 0 amide bonds. The summed E-state index contributed by atoms with van der Waals surface area (Å²) in [7, 11) is 1.93. The van der Waals surface area contributed by atoms with Crippen LogP contribution in [0.2, 0.25) is 0 Å². The Balaban J connectivity index is 1.68. The Kier molecular flexibility index (Phi) is 3.88. The van der Waals surface area contributed by atoms with E-state index in [0.29, 0.717) is 6.04 Å². The number of nitrogens with zero attached hydrogens (tertiary/aromatic N) is 4. The third-order valence-electron chi connectivity index (χ3n) is 3.70. The molecule has 1 aliphatic heterocycles. The predicted octanol–water partition coefficient (Wildman–Crippen LogP) is 2.16. The Bertz CT molecular complexity index is 604. The third kappa shape index (κ3) is 3.39.